The molecule has 1 aliphatic heterocycles. The van der Waals surface area contributed by atoms with Crippen molar-refractivity contribution in [3.63, 3.8) is 0 Å². The van der Waals surface area contributed by atoms with Crippen LogP contribution in [0.2, 0.25) is 0 Å². The van der Waals surface area contributed by atoms with Crippen LogP contribution < -0.4 is 10.6 Å². The zero-order valence-corrected chi connectivity index (χ0v) is 12.9. The lowest BCUT2D eigenvalue weighted by Crippen LogP contribution is -2.51. The van der Waals surface area contributed by atoms with E-state index < -0.39 is 0 Å². The van der Waals surface area contributed by atoms with Crippen LogP contribution in [0.25, 0.3) is 0 Å². The van der Waals surface area contributed by atoms with Crippen molar-refractivity contribution in [2.24, 2.45) is 0 Å². The standard InChI is InChI=1S/C16H24FN3O/c1-11-6-7-15(14(17)9-11)19-16(21)12(2)20-8-4-5-13(10-20)18-3/h6-7,9,12-13,18H,4-5,8,10H2,1-3H3,(H,19,21). The number of hydrogen-bond acceptors (Lipinski definition) is 3. The Morgan fingerprint density at radius 3 is 2.90 bits per heavy atom. The van der Waals surface area contributed by atoms with Gasteiger partial charge in [-0.05, 0) is 58.0 Å². The van der Waals surface area contributed by atoms with Gasteiger partial charge in [0.1, 0.15) is 5.82 Å². The van der Waals surface area contributed by atoms with Crippen molar-refractivity contribution in [2.75, 3.05) is 25.5 Å². The largest absolute Gasteiger partial charge is 0.322 e. The maximum Gasteiger partial charge on any atom is 0.241 e. The Kier molecular flexibility index (Phi) is 5.31. The Hall–Kier alpha value is -1.46. The molecule has 21 heavy (non-hydrogen) atoms. The minimum Gasteiger partial charge on any atom is -0.322 e. The lowest BCUT2D eigenvalue weighted by Gasteiger charge is -2.35. The summed E-state index contributed by atoms with van der Waals surface area (Å²) in [5, 5.41) is 5.95. The summed E-state index contributed by atoms with van der Waals surface area (Å²) in [4.78, 5) is 14.4. The normalized spacial score (nSPS) is 21.0. The minimum atomic E-state index is -0.387. The number of carbonyl (C=O) groups excluding carboxylic acids is 1. The van der Waals surface area contributed by atoms with Crippen LogP contribution in [0.1, 0.15) is 25.3 Å². The minimum absolute atomic E-state index is 0.158. The van der Waals surface area contributed by atoms with Gasteiger partial charge in [-0.2, -0.15) is 0 Å². The molecule has 5 heteroatoms. The fourth-order valence-corrected chi connectivity index (χ4v) is 2.72. The lowest BCUT2D eigenvalue weighted by atomic mass is 10.0. The average molecular weight is 293 g/mol. The number of nitrogens with zero attached hydrogens (tertiary/aromatic N) is 1. The van der Waals surface area contributed by atoms with Crippen molar-refractivity contribution in [3.8, 4) is 0 Å². The molecule has 1 fully saturated rings. The lowest BCUT2D eigenvalue weighted by molar-refractivity contribution is -0.121. The number of rotatable bonds is 4. The molecule has 1 aliphatic rings. The SMILES string of the molecule is CNC1CCCN(C(C)C(=O)Nc2ccc(C)cc2F)C1. The number of amides is 1. The van der Waals surface area contributed by atoms with Crippen molar-refractivity contribution in [1.29, 1.82) is 0 Å². The molecule has 1 aromatic carbocycles. The Bertz CT molecular complexity index is 506. The first kappa shape index (κ1) is 15.9. The zero-order chi connectivity index (χ0) is 15.4. The van der Waals surface area contributed by atoms with Gasteiger partial charge in [0.05, 0.1) is 11.7 Å². The van der Waals surface area contributed by atoms with Crippen LogP contribution in [0, 0.1) is 12.7 Å². The number of nitrogens with one attached hydrogen (secondary N) is 2. The monoisotopic (exact) mass is 293 g/mol. The molecule has 1 saturated heterocycles. The average Bonchev–Trinajstić information content (AvgIpc) is 2.49. The molecule has 1 aromatic rings. The maximum atomic E-state index is 13.8. The molecule has 2 atom stereocenters. The third-order valence-electron chi connectivity index (χ3n) is 4.17. The van der Waals surface area contributed by atoms with Crippen LogP contribution in [-0.4, -0.2) is 43.0 Å². The van der Waals surface area contributed by atoms with Gasteiger partial charge in [-0.25, -0.2) is 4.39 Å². The van der Waals surface area contributed by atoms with Gasteiger partial charge in [0, 0.05) is 12.6 Å². The van der Waals surface area contributed by atoms with Crippen molar-refractivity contribution in [2.45, 2.75) is 38.8 Å². The Labute approximate surface area is 125 Å². The number of benzene rings is 1. The predicted molar refractivity (Wildman–Crippen MR) is 82.9 cm³/mol. The third-order valence-corrected chi connectivity index (χ3v) is 4.17. The first-order valence-electron chi connectivity index (χ1n) is 7.49. The predicted octanol–water partition coefficient (Wildman–Crippen LogP) is 2.14. The number of piperidine rings is 1. The van der Waals surface area contributed by atoms with Crippen molar-refractivity contribution in [1.82, 2.24) is 10.2 Å². The van der Waals surface area contributed by atoms with Gasteiger partial charge < -0.3 is 10.6 Å². The van der Waals surface area contributed by atoms with Gasteiger partial charge in [-0.3, -0.25) is 9.69 Å². The Morgan fingerprint density at radius 2 is 2.24 bits per heavy atom. The van der Waals surface area contributed by atoms with E-state index in [1.165, 1.54) is 6.07 Å². The molecule has 0 aromatic heterocycles. The molecular formula is C16H24FN3O. The molecule has 0 bridgehead atoms. The number of likely N-dealkylation sites (tertiary alicyclic amines) is 1. The van der Waals surface area contributed by atoms with Crippen LogP contribution in [-0.2, 0) is 4.79 Å². The number of hydrogen-bond donors (Lipinski definition) is 2. The van der Waals surface area contributed by atoms with Gasteiger partial charge in [-0.1, -0.05) is 6.07 Å². The number of carbonyl (C=O) groups is 1. The highest BCUT2D eigenvalue weighted by atomic mass is 19.1. The summed E-state index contributed by atoms with van der Waals surface area (Å²) < 4.78 is 13.8. The molecule has 2 N–H and O–H groups in total. The Balaban J connectivity index is 1.99. The van der Waals surface area contributed by atoms with E-state index in [-0.39, 0.29) is 23.5 Å². The first-order chi connectivity index (χ1) is 10.0. The summed E-state index contributed by atoms with van der Waals surface area (Å²) in [6, 6.07) is 4.99. The molecule has 1 heterocycles. The van der Waals surface area contributed by atoms with E-state index in [4.69, 9.17) is 0 Å². The molecule has 1 amide bonds. The second-order valence-electron chi connectivity index (χ2n) is 5.77. The molecule has 0 aliphatic carbocycles. The van der Waals surface area contributed by atoms with Gasteiger partial charge in [0.2, 0.25) is 5.91 Å². The van der Waals surface area contributed by atoms with Gasteiger partial charge >= 0.3 is 0 Å². The summed E-state index contributed by atoms with van der Waals surface area (Å²) in [6.45, 7) is 5.45. The molecule has 0 saturated carbocycles. The van der Waals surface area contributed by atoms with E-state index in [9.17, 15) is 9.18 Å². The van der Waals surface area contributed by atoms with E-state index in [1.54, 1.807) is 12.1 Å². The van der Waals surface area contributed by atoms with E-state index >= 15 is 0 Å². The van der Waals surface area contributed by atoms with Crippen LogP contribution in [0.3, 0.4) is 0 Å². The third kappa shape index (κ3) is 4.02. The second-order valence-corrected chi connectivity index (χ2v) is 5.77. The van der Waals surface area contributed by atoms with Gasteiger partial charge in [0.25, 0.3) is 0 Å². The first-order valence-corrected chi connectivity index (χ1v) is 7.49. The molecule has 2 unspecified atom stereocenters. The topological polar surface area (TPSA) is 44.4 Å². The summed E-state index contributed by atoms with van der Waals surface area (Å²) in [5.41, 5.74) is 1.09. The molecule has 0 spiro atoms. The quantitative estimate of drug-likeness (QED) is 0.894. The molecule has 0 radical (unpaired) electrons. The van der Waals surface area contributed by atoms with Crippen LogP contribution in [0.5, 0.6) is 0 Å². The van der Waals surface area contributed by atoms with Crippen molar-refractivity contribution < 1.29 is 9.18 Å². The molecule has 2 rings (SSSR count). The highest BCUT2D eigenvalue weighted by Crippen LogP contribution is 2.18. The van der Waals surface area contributed by atoms with E-state index in [1.807, 2.05) is 20.9 Å². The van der Waals surface area contributed by atoms with Crippen molar-refractivity contribution >= 4 is 11.6 Å². The van der Waals surface area contributed by atoms with E-state index in [0.717, 1.165) is 31.5 Å². The van der Waals surface area contributed by atoms with Gasteiger partial charge in [0.15, 0.2) is 0 Å². The van der Waals surface area contributed by atoms with Gasteiger partial charge in [-0.15, -0.1) is 0 Å². The fourth-order valence-electron chi connectivity index (χ4n) is 2.72. The smallest absolute Gasteiger partial charge is 0.241 e. The summed E-state index contributed by atoms with van der Waals surface area (Å²) in [7, 11) is 1.95. The highest BCUT2D eigenvalue weighted by Gasteiger charge is 2.27. The zero-order valence-electron chi connectivity index (χ0n) is 12.9. The number of halogens is 1. The summed E-state index contributed by atoms with van der Waals surface area (Å²) in [6.07, 6.45) is 2.20. The summed E-state index contributed by atoms with van der Waals surface area (Å²) >= 11 is 0. The Morgan fingerprint density at radius 1 is 1.48 bits per heavy atom. The van der Waals surface area contributed by atoms with Crippen LogP contribution in [0.15, 0.2) is 18.2 Å². The summed E-state index contributed by atoms with van der Waals surface area (Å²) in [5.74, 6) is -0.545. The highest BCUT2D eigenvalue weighted by molar-refractivity contribution is 5.94. The molecule has 4 nitrogen and oxygen atoms in total. The van der Waals surface area contributed by atoms with Crippen LogP contribution >= 0.6 is 0 Å². The fraction of sp³-hybridized carbons (Fsp3) is 0.562. The number of anilines is 1. The van der Waals surface area contributed by atoms with E-state index in [2.05, 4.69) is 15.5 Å². The second kappa shape index (κ2) is 7.00. The maximum absolute atomic E-state index is 13.8. The number of aryl methyl sites for hydroxylation is 1. The van der Waals surface area contributed by atoms with Crippen molar-refractivity contribution in [3.05, 3.63) is 29.6 Å². The van der Waals surface area contributed by atoms with E-state index in [0.29, 0.717) is 6.04 Å². The van der Waals surface area contributed by atoms with Crippen LogP contribution in [0.4, 0.5) is 10.1 Å². The molecular weight excluding hydrogens is 269 g/mol. The molecule has 116 valence electrons. The number of likely N-dealkylation sites (N-methyl/N-ethyl adjacent to an activating group) is 1.